The summed E-state index contributed by atoms with van der Waals surface area (Å²) in [6.45, 7) is 10.6. The zero-order valence-electron chi connectivity index (χ0n) is 25.9. The summed E-state index contributed by atoms with van der Waals surface area (Å²) < 4.78 is 11.6. The highest BCUT2D eigenvalue weighted by molar-refractivity contribution is 7.09. The summed E-state index contributed by atoms with van der Waals surface area (Å²) in [7, 11) is 0. The van der Waals surface area contributed by atoms with Gasteiger partial charge in [-0.15, -0.1) is 11.3 Å². The highest BCUT2D eigenvalue weighted by Crippen LogP contribution is 2.40. The quantitative estimate of drug-likeness (QED) is 0.340. The molecule has 4 rings (SSSR count). The fraction of sp³-hybridized carbons (Fsp3) is 0.576. The van der Waals surface area contributed by atoms with Crippen LogP contribution in [0.3, 0.4) is 0 Å². The van der Waals surface area contributed by atoms with Crippen LogP contribution in [0.1, 0.15) is 77.4 Å². The number of amides is 1. The number of carbonyl (C=O) groups is 3. The number of para-hydroxylation sites is 1. The molecule has 2 N–H and O–H groups in total. The molecule has 1 amide bonds. The number of aryl methyl sites for hydroxylation is 1. The van der Waals surface area contributed by atoms with E-state index < -0.39 is 41.7 Å². The normalized spacial score (nSPS) is 30.7. The number of carbonyl (C=O) groups excluding carboxylic acids is 3. The topological polar surface area (TPSA) is 126 Å². The van der Waals surface area contributed by atoms with E-state index in [4.69, 9.17) is 9.47 Å². The average molecular weight is 613 g/mol. The van der Waals surface area contributed by atoms with Gasteiger partial charge >= 0.3 is 12.1 Å². The SMILES string of the molecule is CC(=Cc1csc(C)n1)[C@H]1C[C@H]2[C@H](CCC[C@@H](C)[C@@H](O)[C@H](C)C(=O)C(C)(C)[C@H](O)CC(=O)O1)N2C(=O)Oc1ccccc1. The number of aromatic nitrogens is 1. The summed E-state index contributed by atoms with van der Waals surface area (Å²) in [4.78, 5) is 46.1. The maximum Gasteiger partial charge on any atom is 0.415 e. The smallest absolute Gasteiger partial charge is 0.415 e. The first-order chi connectivity index (χ1) is 20.3. The van der Waals surface area contributed by atoms with Crippen molar-refractivity contribution in [3.05, 3.63) is 52.0 Å². The summed E-state index contributed by atoms with van der Waals surface area (Å²) in [5.74, 6) is -1.41. The minimum absolute atomic E-state index is 0.132. The Kier molecular flexibility index (Phi) is 10.5. The van der Waals surface area contributed by atoms with Crippen molar-refractivity contribution in [1.29, 1.82) is 0 Å². The van der Waals surface area contributed by atoms with E-state index in [9.17, 15) is 24.6 Å². The van der Waals surface area contributed by atoms with Gasteiger partial charge in [0.2, 0.25) is 0 Å². The van der Waals surface area contributed by atoms with Crippen molar-refractivity contribution in [2.75, 3.05) is 0 Å². The van der Waals surface area contributed by atoms with Gasteiger partial charge in [-0.05, 0) is 56.4 Å². The van der Waals surface area contributed by atoms with Crippen molar-refractivity contribution in [3.8, 4) is 5.75 Å². The molecule has 2 saturated heterocycles. The van der Waals surface area contributed by atoms with E-state index in [2.05, 4.69) is 4.98 Å². The number of ketones is 1. The summed E-state index contributed by atoms with van der Waals surface area (Å²) in [6, 6.07) is 8.51. The Morgan fingerprint density at radius 1 is 1.14 bits per heavy atom. The maximum atomic E-state index is 13.4. The van der Waals surface area contributed by atoms with Gasteiger partial charge < -0.3 is 19.7 Å². The molecule has 234 valence electrons. The van der Waals surface area contributed by atoms with E-state index in [-0.39, 0.29) is 30.2 Å². The first kappa shape index (κ1) is 32.8. The van der Waals surface area contributed by atoms with E-state index in [0.717, 1.165) is 22.7 Å². The molecule has 0 spiro atoms. The van der Waals surface area contributed by atoms with Gasteiger partial charge in [0, 0.05) is 17.7 Å². The molecule has 2 aliphatic rings. The number of benzene rings is 1. The molecule has 2 fully saturated rings. The van der Waals surface area contributed by atoms with Gasteiger partial charge in [0.15, 0.2) is 0 Å². The second-order valence-corrected chi connectivity index (χ2v) is 13.7. The van der Waals surface area contributed by atoms with E-state index in [1.165, 1.54) is 11.3 Å². The molecule has 43 heavy (non-hydrogen) atoms. The predicted molar refractivity (Wildman–Crippen MR) is 164 cm³/mol. The van der Waals surface area contributed by atoms with Crippen LogP contribution in [0, 0.1) is 24.2 Å². The highest BCUT2D eigenvalue weighted by Gasteiger charge is 2.53. The molecule has 2 aliphatic heterocycles. The van der Waals surface area contributed by atoms with Crippen LogP contribution in [0.2, 0.25) is 0 Å². The van der Waals surface area contributed by atoms with Crippen LogP contribution >= 0.6 is 11.3 Å². The van der Waals surface area contributed by atoms with Gasteiger partial charge in [-0.25, -0.2) is 9.78 Å². The zero-order chi connectivity index (χ0) is 31.5. The molecule has 10 heteroatoms. The summed E-state index contributed by atoms with van der Waals surface area (Å²) >= 11 is 1.52. The number of aliphatic hydroxyl groups excluding tert-OH is 2. The van der Waals surface area contributed by atoms with E-state index in [1.807, 2.05) is 38.3 Å². The second kappa shape index (κ2) is 13.7. The lowest BCUT2D eigenvalue weighted by molar-refractivity contribution is -0.154. The number of Topliss-reactive ketones (excluding diaryl/α,β-unsaturated/α-hetero) is 1. The summed E-state index contributed by atoms with van der Waals surface area (Å²) in [5, 5.41) is 24.9. The highest BCUT2D eigenvalue weighted by atomic mass is 32.1. The number of fused-ring (bicyclic) bond motifs is 1. The van der Waals surface area contributed by atoms with Crippen LogP contribution in [0.5, 0.6) is 5.75 Å². The van der Waals surface area contributed by atoms with Crippen molar-refractivity contribution < 1.29 is 34.1 Å². The molecule has 2 aromatic rings. The second-order valence-electron chi connectivity index (χ2n) is 12.6. The number of ether oxygens (including phenoxy) is 2. The third-order valence-corrected chi connectivity index (χ3v) is 9.77. The molecule has 0 bridgehead atoms. The Bertz CT molecular complexity index is 1320. The number of aliphatic hydroxyl groups is 2. The monoisotopic (exact) mass is 612 g/mol. The maximum absolute atomic E-state index is 13.4. The predicted octanol–water partition coefficient (Wildman–Crippen LogP) is 5.57. The molecule has 7 atom stereocenters. The van der Waals surface area contributed by atoms with E-state index in [1.54, 1.807) is 49.9 Å². The van der Waals surface area contributed by atoms with Gasteiger partial charge in [-0.2, -0.15) is 0 Å². The molecule has 3 heterocycles. The minimum atomic E-state index is -1.30. The fourth-order valence-electron chi connectivity index (χ4n) is 6.01. The fourth-order valence-corrected chi connectivity index (χ4v) is 6.58. The molecule has 1 aromatic carbocycles. The van der Waals surface area contributed by atoms with Gasteiger partial charge in [0.05, 0.1) is 46.8 Å². The molecule has 0 radical (unpaired) electrons. The summed E-state index contributed by atoms with van der Waals surface area (Å²) in [6.07, 6.45) is 0.531. The van der Waals surface area contributed by atoms with Crippen molar-refractivity contribution in [3.63, 3.8) is 0 Å². The minimum Gasteiger partial charge on any atom is -0.458 e. The first-order valence-corrected chi connectivity index (χ1v) is 15.9. The van der Waals surface area contributed by atoms with Crippen LogP contribution in [0.25, 0.3) is 6.08 Å². The number of thiazole rings is 1. The lowest BCUT2D eigenvalue weighted by Gasteiger charge is -2.34. The molecule has 0 aliphatic carbocycles. The van der Waals surface area contributed by atoms with Gasteiger partial charge in [0.25, 0.3) is 0 Å². The molecule has 0 unspecified atom stereocenters. The van der Waals surface area contributed by atoms with Crippen molar-refractivity contribution >= 4 is 35.3 Å². The lowest BCUT2D eigenvalue weighted by atomic mass is 9.73. The largest absolute Gasteiger partial charge is 0.458 e. The van der Waals surface area contributed by atoms with Crippen LogP contribution < -0.4 is 4.74 Å². The lowest BCUT2D eigenvalue weighted by Crippen LogP contribution is -2.45. The van der Waals surface area contributed by atoms with Crippen molar-refractivity contribution in [2.24, 2.45) is 17.3 Å². The Morgan fingerprint density at radius 2 is 1.84 bits per heavy atom. The Hall–Kier alpha value is -3.08. The van der Waals surface area contributed by atoms with E-state index >= 15 is 0 Å². The first-order valence-electron chi connectivity index (χ1n) is 15.0. The Balaban J connectivity index is 1.63. The Labute approximate surface area is 257 Å². The van der Waals surface area contributed by atoms with Crippen LogP contribution in [0.15, 0.2) is 41.3 Å². The molecule has 1 aromatic heterocycles. The molecular weight excluding hydrogens is 568 g/mol. The van der Waals surface area contributed by atoms with Gasteiger partial charge in [-0.1, -0.05) is 52.3 Å². The number of hydrogen-bond acceptors (Lipinski definition) is 9. The van der Waals surface area contributed by atoms with Crippen molar-refractivity contribution in [2.45, 2.75) is 104 Å². The number of hydrogen-bond donors (Lipinski definition) is 2. The average Bonchev–Trinajstić information content (AvgIpc) is 3.49. The van der Waals surface area contributed by atoms with Crippen molar-refractivity contribution in [1.82, 2.24) is 9.88 Å². The molecule has 9 nitrogen and oxygen atoms in total. The van der Waals surface area contributed by atoms with Crippen LogP contribution in [0.4, 0.5) is 4.79 Å². The number of esters is 1. The number of cyclic esters (lactones) is 1. The standard InChI is InChI=1S/C33H44N2O7S/c1-19-11-10-14-25-26(35(25)32(40)41-24-12-8-7-9-13-24)16-27(20(2)15-23-18-43-22(4)34-23)42-29(37)17-28(36)33(5,6)31(39)21(3)30(19)38/h7-9,12-13,15,18-19,21,25-28,30,36,38H,10-11,14,16-17H2,1-6H3/t19-,21+,25+,26+,27-,28-,30-,35?/m1/s1. The molecular formula is C33H44N2O7S. The third kappa shape index (κ3) is 7.91. The van der Waals surface area contributed by atoms with Gasteiger partial charge in [0.1, 0.15) is 17.6 Å². The summed E-state index contributed by atoms with van der Waals surface area (Å²) in [5.41, 5.74) is 0.245. The molecule has 0 saturated carbocycles. The third-order valence-electron chi connectivity index (χ3n) is 8.97. The van der Waals surface area contributed by atoms with Crippen LogP contribution in [-0.2, 0) is 14.3 Å². The van der Waals surface area contributed by atoms with E-state index in [0.29, 0.717) is 25.0 Å². The zero-order valence-corrected chi connectivity index (χ0v) is 26.7. The van der Waals surface area contributed by atoms with Gasteiger partial charge in [-0.3, -0.25) is 14.5 Å². The van der Waals surface area contributed by atoms with Crippen LogP contribution in [-0.4, -0.2) is 68.3 Å². The number of rotatable bonds is 3. The number of nitrogens with zero attached hydrogens (tertiary/aromatic N) is 2. The Morgan fingerprint density at radius 3 is 2.49 bits per heavy atom.